The van der Waals surface area contributed by atoms with E-state index in [9.17, 15) is 9.59 Å². The van der Waals surface area contributed by atoms with Crippen molar-refractivity contribution in [2.24, 2.45) is 0 Å². The Balaban J connectivity index is 3.28. The number of carboxylic acid groups (broad SMARTS) is 1. The molecule has 1 N–H and O–H groups in total. The zero-order valence-corrected chi connectivity index (χ0v) is 16.3. The van der Waals surface area contributed by atoms with Crippen LogP contribution in [0.2, 0.25) is 0 Å². The Labute approximate surface area is 159 Å². The molecule has 148 valence electrons. The molecule has 0 aromatic heterocycles. The summed E-state index contributed by atoms with van der Waals surface area (Å²) >= 11 is 0. The number of unbranched alkanes of at least 4 members (excludes halogenated alkanes) is 7. The average molecular weight is 365 g/mol. The summed E-state index contributed by atoms with van der Waals surface area (Å²) in [5.74, 6) is -1.52. The molecule has 0 aliphatic carbocycles. The van der Waals surface area contributed by atoms with Crippen molar-refractivity contribution in [2.75, 3.05) is 6.61 Å². The minimum Gasteiger partial charge on any atom is -0.479 e. The van der Waals surface area contributed by atoms with Crippen molar-refractivity contribution < 1.29 is 19.4 Å². The van der Waals surface area contributed by atoms with Gasteiger partial charge in [-0.05, 0) is 38.5 Å². The van der Waals surface area contributed by atoms with Gasteiger partial charge in [-0.1, -0.05) is 75.5 Å². The molecule has 0 radical (unpaired) electrons. The van der Waals surface area contributed by atoms with Gasteiger partial charge in [-0.25, -0.2) is 4.79 Å². The molecular weight excluding hydrogens is 328 g/mol. The highest BCUT2D eigenvalue weighted by Crippen LogP contribution is 2.10. The van der Waals surface area contributed by atoms with Crippen molar-refractivity contribution >= 4 is 11.9 Å². The van der Waals surface area contributed by atoms with Gasteiger partial charge in [0, 0.05) is 6.42 Å². The van der Waals surface area contributed by atoms with Crippen molar-refractivity contribution in [2.45, 2.75) is 84.0 Å². The maximum Gasteiger partial charge on any atom is 0.341 e. The zero-order chi connectivity index (χ0) is 19.3. The van der Waals surface area contributed by atoms with Crippen LogP contribution in [0.15, 0.2) is 36.5 Å². The molecular formula is C22H36O4. The number of hydrogen-bond donors (Lipinski definition) is 1. The van der Waals surface area contributed by atoms with E-state index in [1.165, 1.54) is 25.7 Å². The molecule has 0 rings (SSSR count). The normalized spacial score (nSPS) is 11.7. The van der Waals surface area contributed by atoms with Gasteiger partial charge < -0.3 is 9.84 Å². The second-order valence-electron chi connectivity index (χ2n) is 6.36. The van der Waals surface area contributed by atoms with Crippen molar-refractivity contribution in [3.63, 3.8) is 0 Å². The number of carboxylic acids is 1. The number of aliphatic carboxylic acids is 1. The Bertz CT molecular complexity index is 435. The smallest absolute Gasteiger partial charge is 0.341 e. The van der Waals surface area contributed by atoms with Crippen LogP contribution < -0.4 is 0 Å². The van der Waals surface area contributed by atoms with Crippen LogP contribution in [0, 0.1) is 0 Å². The molecule has 0 saturated carbocycles. The minimum atomic E-state index is -1.11. The van der Waals surface area contributed by atoms with Crippen molar-refractivity contribution in [1.29, 1.82) is 0 Å². The molecule has 0 bridgehead atoms. The fraction of sp³-hybridized carbons (Fsp3) is 0.636. The standard InChI is InChI=1S/C22H36O4/c1-2-3-4-5-6-7-8-9-10-11-12-13-14-15-16-17-18-19-22(25)26-20-21(23)24/h3-4,6-7,9-10H,2,5,8,11-20H2,1H3,(H,23,24)/b4-3-,7-6-,10-9-. The first kappa shape index (κ1) is 24.2. The second kappa shape index (κ2) is 19.5. The Morgan fingerprint density at radius 3 is 1.92 bits per heavy atom. The fourth-order valence-electron chi connectivity index (χ4n) is 2.46. The largest absolute Gasteiger partial charge is 0.479 e. The maximum atomic E-state index is 11.2. The summed E-state index contributed by atoms with van der Waals surface area (Å²) in [6.07, 6.45) is 25.8. The van der Waals surface area contributed by atoms with Gasteiger partial charge in [0.2, 0.25) is 0 Å². The molecule has 4 nitrogen and oxygen atoms in total. The van der Waals surface area contributed by atoms with Gasteiger partial charge >= 0.3 is 11.9 Å². The summed E-state index contributed by atoms with van der Waals surface area (Å²) in [4.78, 5) is 21.5. The SMILES string of the molecule is CC/C=C\C/C=C\C/C=C\CCCCCCCCCC(=O)OCC(=O)O. The Hall–Kier alpha value is -1.84. The molecule has 0 aliphatic rings. The van der Waals surface area contributed by atoms with Gasteiger partial charge in [0.15, 0.2) is 6.61 Å². The Morgan fingerprint density at radius 2 is 1.31 bits per heavy atom. The van der Waals surface area contributed by atoms with Crippen LogP contribution >= 0.6 is 0 Å². The molecule has 0 fully saturated rings. The molecule has 0 atom stereocenters. The van der Waals surface area contributed by atoms with Crippen LogP contribution in [0.25, 0.3) is 0 Å². The third-order valence-electron chi connectivity index (χ3n) is 3.89. The molecule has 0 heterocycles. The summed E-state index contributed by atoms with van der Waals surface area (Å²) < 4.78 is 4.58. The van der Waals surface area contributed by atoms with Crippen LogP contribution in [0.3, 0.4) is 0 Å². The lowest BCUT2D eigenvalue weighted by Crippen LogP contribution is -2.12. The molecule has 4 heteroatoms. The van der Waals surface area contributed by atoms with E-state index in [0.717, 1.165) is 44.9 Å². The molecule has 26 heavy (non-hydrogen) atoms. The highest BCUT2D eigenvalue weighted by molar-refractivity contribution is 5.75. The van der Waals surface area contributed by atoms with E-state index in [2.05, 4.69) is 48.1 Å². The molecule has 0 saturated heterocycles. The predicted octanol–water partition coefficient (Wildman–Crippen LogP) is 5.98. The first-order chi connectivity index (χ1) is 12.7. The van der Waals surface area contributed by atoms with Crippen LogP contribution in [-0.2, 0) is 14.3 Å². The van der Waals surface area contributed by atoms with Gasteiger partial charge in [-0.3, -0.25) is 4.79 Å². The van der Waals surface area contributed by atoms with E-state index in [-0.39, 0.29) is 0 Å². The summed E-state index contributed by atoms with van der Waals surface area (Å²) in [5, 5.41) is 8.40. The summed E-state index contributed by atoms with van der Waals surface area (Å²) in [6, 6.07) is 0. The van der Waals surface area contributed by atoms with Crippen molar-refractivity contribution in [3.8, 4) is 0 Å². The number of rotatable bonds is 17. The third-order valence-corrected chi connectivity index (χ3v) is 3.89. The van der Waals surface area contributed by atoms with E-state index in [4.69, 9.17) is 5.11 Å². The highest BCUT2D eigenvalue weighted by atomic mass is 16.5. The topological polar surface area (TPSA) is 63.6 Å². The monoisotopic (exact) mass is 364 g/mol. The lowest BCUT2D eigenvalue weighted by atomic mass is 10.1. The zero-order valence-electron chi connectivity index (χ0n) is 16.3. The van der Waals surface area contributed by atoms with E-state index in [1.54, 1.807) is 0 Å². The number of carbonyl (C=O) groups is 2. The van der Waals surface area contributed by atoms with Crippen LogP contribution in [0.1, 0.15) is 84.0 Å². The average Bonchev–Trinajstić information content (AvgIpc) is 2.62. The Morgan fingerprint density at radius 1 is 0.769 bits per heavy atom. The van der Waals surface area contributed by atoms with Gasteiger partial charge in [0.25, 0.3) is 0 Å². The molecule has 0 amide bonds. The lowest BCUT2D eigenvalue weighted by molar-refractivity contribution is -0.155. The van der Waals surface area contributed by atoms with Gasteiger partial charge in [0.05, 0.1) is 0 Å². The van der Waals surface area contributed by atoms with Gasteiger partial charge in [0.1, 0.15) is 0 Å². The Kier molecular flexibility index (Phi) is 18.1. The molecule has 0 spiro atoms. The number of carbonyl (C=O) groups excluding carboxylic acids is 1. The third kappa shape index (κ3) is 20.2. The summed E-state index contributed by atoms with van der Waals surface area (Å²) in [7, 11) is 0. The van der Waals surface area contributed by atoms with E-state index in [1.807, 2.05) is 0 Å². The predicted molar refractivity (Wildman–Crippen MR) is 107 cm³/mol. The van der Waals surface area contributed by atoms with Crippen molar-refractivity contribution in [3.05, 3.63) is 36.5 Å². The molecule has 0 aliphatic heterocycles. The first-order valence-electron chi connectivity index (χ1n) is 9.99. The first-order valence-corrected chi connectivity index (χ1v) is 9.99. The van der Waals surface area contributed by atoms with Crippen LogP contribution in [0.4, 0.5) is 0 Å². The number of allylic oxidation sites excluding steroid dienone is 6. The molecule has 0 unspecified atom stereocenters. The van der Waals surface area contributed by atoms with E-state index < -0.39 is 18.5 Å². The van der Waals surface area contributed by atoms with E-state index in [0.29, 0.717) is 6.42 Å². The fourth-order valence-corrected chi connectivity index (χ4v) is 2.46. The molecule has 0 aromatic carbocycles. The highest BCUT2D eigenvalue weighted by Gasteiger charge is 2.05. The quantitative estimate of drug-likeness (QED) is 0.196. The van der Waals surface area contributed by atoms with E-state index >= 15 is 0 Å². The van der Waals surface area contributed by atoms with Crippen LogP contribution in [-0.4, -0.2) is 23.7 Å². The number of hydrogen-bond acceptors (Lipinski definition) is 3. The second-order valence-corrected chi connectivity index (χ2v) is 6.36. The van der Waals surface area contributed by atoms with Crippen molar-refractivity contribution in [1.82, 2.24) is 0 Å². The summed E-state index contributed by atoms with van der Waals surface area (Å²) in [5.41, 5.74) is 0. The molecule has 0 aromatic rings. The maximum absolute atomic E-state index is 11.2. The number of ether oxygens (including phenoxy) is 1. The van der Waals surface area contributed by atoms with Gasteiger partial charge in [-0.15, -0.1) is 0 Å². The summed E-state index contributed by atoms with van der Waals surface area (Å²) in [6.45, 7) is 1.62. The number of esters is 1. The van der Waals surface area contributed by atoms with Gasteiger partial charge in [-0.2, -0.15) is 0 Å². The van der Waals surface area contributed by atoms with Crippen LogP contribution in [0.5, 0.6) is 0 Å². The minimum absolute atomic E-state index is 0.321. The lowest BCUT2D eigenvalue weighted by Gasteiger charge is -2.02.